The van der Waals surface area contributed by atoms with Crippen molar-refractivity contribution in [2.75, 3.05) is 24.4 Å². The topological polar surface area (TPSA) is 150 Å². The Balaban J connectivity index is 2.40. The van der Waals surface area contributed by atoms with E-state index in [4.69, 9.17) is 9.47 Å². The van der Waals surface area contributed by atoms with Gasteiger partial charge in [-0.15, -0.1) is 0 Å². The zero-order chi connectivity index (χ0) is 32.6. The number of imide groups is 1. The van der Waals surface area contributed by atoms with Crippen molar-refractivity contribution in [1.29, 1.82) is 0 Å². The summed E-state index contributed by atoms with van der Waals surface area (Å²) < 4.78 is 56.4. The summed E-state index contributed by atoms with van der Waals surface area (Å²) in [6, 6.07) is 4.78. The molecule has 0 unspecified atom stereocenters. The van der Waals surface area contributed by atoms with Gasteiger partial charge in [-0.1, -0.05) is 19.6 Å². The van der Waals surface area contributed by atoms with Crippen LogP contribution in [0.4, 0.5) is 34.1 Å². The molecule has 0 saturated heterocycles. The van der Waals surface area contributed by atoms with Gasteiger partial charge in [0.15, 0.2) is 0 Å². The first-order valence-corrected chi connectivity index (χ1v) is 17.0. The molecule has 4 amide bonds. The Morgan fingerprint density at radius 3 is 2.28 bits per heavy atom. The SMILES string of the molecule is COC(=O)Nc1ccc(-c2cn(COCC[Si](C)(C)C)c(CCC(=O)NC(=O)OC(C)(C)C)n2)c(NC(=O)C(F)(F)F)c1. The molecule has 43 heavy (non-hydrogen) atoms. The number of alkyl carbamates (subject to hydrolysis) is 1. The molecule has 2 aromatic rings. The molecule has 0 aliphatic rings. The summed E-state index contributed by atoms with van der Waals surface area (Å²) in [6.45, 7) is 12.0. The third-order valence-electron chi connectivity index (χ3n) is 5.53. The van der Waals surface area contributed by atoms with E-state index in [1.54, 1.807) is 25.3 Å². The highest BCUT2D eigenvalue weighted by Crippen LogP contribution is 2.32. The lowest BCUT2D eigenvalue weighted by atomic mass is 10.1. The van der Waals surface area contributed by atoms with Crippen molar-refractivity contribution in [2.45, 2.75) is 77.8 Å². The van der Waals surface area contributed by atoms with Gasteiger partial charge in [-0.3, -0.25) is 20.2 Å². The monoisotopic (exact) mass is 629 g/mol. The van der Waals surface area contributed by atoms with E-state index in [-0.39, 0.29) is 42.2 Å². The summed E-state index contributed by atoms with van der Waals surface area (Å²) in [7, 11) is -0.281. The van der Waals surface area contributed by atoms with Crippen molar-refractivity contribution in [2.24, 2.45) is 0 Å². The van der Waals surface area contributed by atoms with Crippen LogP contribution in [0.1, 0.15) is 33.0 Å². The number of hydrogen-bond acceptors (Lipinski definition) is 8. The van der Waals surface area contributed by atoms with Gasteiger partial charge in [0.05, 0.1) is 18.5 Å². The second-order valence-corrected chi connectivity index (χ2v) is 17.4. The number of nitrogens with one attached hydrogen (secondary N) is 3. The average molecular weight is 630 g/mol. The standard InChI is InChI=1S/C27H38F3N5O7Si/c1-26(2,3)42-25(39)34-22(36)11-10-21-32-20(15-35(21)16-41-12-13-43(5,6)7)18-9-8-17(31-24(38)40-4)14-19(18)33-23(37)27(28,29)30/h8-9,14-15H,10-13,16H2,1-7H3,(H,31,38)(H,33,37)(H,34,36,39). The molecule has 238 valence electrons. The number of ether oxygens (including phenoxy) is 3. The van der Waals surface area contributed by atoms with Crippen LogP contribution in [0.15, 0.2) is 24.4 Å². The van der Waals surface area contributed by atoms with E-state index in [9.17, 15) is 32.3 Å². The number of amides is 4. The first-order valence-electron chi connectivity index (χ1n) is 13.3. The number of rotatable bonds is 11. The number of carbonyl (C=O) groups is 4. The lowest BCUT2D eigenvalue weighted by molar-refractivity contribution is -0.167. The van der Waals surface area contributed by atoms with E-state index in [0.29, 0.717) is 12.4 Å². The van der Waals surface area contributed by atoms with Gasteiger partial charge in [-0.25, -0.2) is 14.6 Å². The fourth-order valence-electron chi connectivity index (χ4n) is 3.45. The fourth-order valence-corrected chi connectivity index (χ4v) is 4.21. The van der Waals surface area contributed by atoms with Gasteiger partial charge in [0.25, 0.3) is 0 Å². The predicted octanol–water partition coefficient (Wildman–Crippen LogP) is 5.53. The van der Waals surface area contributed by atoms with Crippen LogP contribution in [0, 0.1) is 0 Å². The van der Waals surface area contributed by atoms with Gasteiger partial charge < -0.3 is 24.1 Å². The van der Waals surface area contributed by atoms with E-state index in [1.165, 1.54) is 18.3 Å². The maximum absolute atomic E-state index is 13.1. The summed E-state index contributed by atoms with van der Waals surface area (Å²) in [6.07, 6.45) is -5.56. The van der Waals surface area contributed by atoms with Gasteiger partial charge in [0, 0.05) is 45.0 Å². The van der Waals surface area contributed by atoms with Crippen LogP contribution in [0.25, 0.3) is 11.3 Å². The second kappa shape index (κ2) is 14.5. The number of hydrogen-bond donors (Lipinski definition) is 3. The molecule has 0 saturated carbocycles. The molecule has 1 aromatic carbocycles. The van der Waals surface area contributed by atoms with Crippen molar-refractivity contribution in [1.82, 2.24) is 14.9 Å². The quantitative estimate of drug-likeness (QED) is 0.217. The van der Waals surface area contributed by atoms with E-state index < -0.39 is 43.9 Å². The first-order chi connectivity index (χ1) is 19.8. The summed E-state index contributed by atoms with van der Waals surface area (Å²) in [5.41, 5.74) is -0.757. The average Bonchev–Trinajstić information content (AvgIpc) is 3.25. The molecule has 1 heterocycles. The highest BCUT2D eigenvalue weighted by molar-refractivity contribution is 6.76. The third-order valence-corrected chi connectivity index (χ3v) is 7.24. The Hall–Kier alpha value is -3.92. The van der Waals surface area contributed by atoms with Crippen LogP contribution in [-0.4, -0.2) is 67.1 Å². The molecular weight excluding hydrogens is 591 g/mol. The number of methoxy groups -OCH3 is 1. The van der Waals surface area contributed by atoms with Gasteiger partial charge >= 0.3 is 24.3 Å². The van der Waals surface area contributed by atoms with Crippen molar-refractivity contribution in [3.63, 3.8) is 0 Å². The molecule has 0 aliphatic carbocycles. The van der Waals surface area contributed by atoms with Gasteiger partial charge in [-0.05, 0) is 45.0 Å². The smallest absolute Gasteiger partial charge is 0.453 e. The Morgan fingerprint density at radius 1 is 1.02 bits per heavy atom. The maximum Gasteiger partial charge on any atom is 0.471 e. The number of alkyl halides is 3. The van der Waals surface area contributed by atoms with Crippen LogP contribution in [0.2, 0.25) is 25.7 Å². The zero-order valence-corrected chi connectivity index (χ0v) is 26.2. The zero-order valence-electron chi connectivity index (χ0n) is 25.2. The lowest BCUT2D eigenvalue weighted by Crippen LogP contribution is -2.36. The molecule has 1 aromatic heterocycles. The summed E-state index contributed by atoms with van der Waals surface area (Å²) in [4.78, 5) is 52.3. The normalized spacial score (nSPS) is 12.0. The second-order valence-electron chi connectivity index (χ2n) is 11.7. The number of anilines is 2. The van der Waals surface area contributed by atoms with Crippen molar-refractivity contribution >= 4 is 43.4 Å². The molecule has 3 N–H and O–H groups in total. The molecule has 2 rings (SSSR count). The summed E-state index contributed by atoms with van der Waals surface area (Å²) in [5.74, 6) is -2.51. The highest BCUT2D eigenvalue weighted by atomic mass is 28.3. The van der Waals surface area contributed by atoms with Gasteiger partial charge in [0.2, 0.25) is 5.91 Å². The Morgan fingerprint density at radius 2 is 1.70 bits per heavy atom. The minimum Gasteiger partial charge on any atom is -0.453 e. The van der Waals surface area contributed by atoms with Gasteiger partial charge in [0.1, 0.15) is 18.2 Å². The van der Waals surface area contributed by atoms with E-state index in [1.807, 2.05) is 5.32 Å². The number of aryl methyl sites for hydroxylation is 1. The number of aromatic nitrogens is 2. The van der Waals surface area contributed by atoms with E-state index in [0.717, 1.165) is 19.2 Å². The van der Waals surface area contributed by atoms with Gasteiger partial charge in [-0.2, -0.15) is 13.2 Å². The van der Waals surface area contributed by atoms with Crippen LogP contribution >= 0.6 is 0 Å². The van der Waals surface area contributed by atoms with Crippen LogP contribution in [0.3, 0.4) is 0 Å². The lowest BCUT2D eigenvalue weighted by Gasteiger charge is -2.19. The highest BCUT2D eigenvalue weighted by Gasteiger charge is 2.39. The molecule has 0 atom stereocenters. The third kappa shape index (κ3) is 12.5. The van der Waals surface area contributed by atoms with Crippen molar-refractivity contribution in [3.8, 4) is 11.3 Å². The van der Waals surface area contributed by atoms with Crippen molar-refractivity contribution < 1.29 is 46.6 Å². The van der Waals surface area contributed by atoms with Crippen LogP contribution in [-0.2, 0) is 37.0 Å². The Bertz CT molecular complexity index is 1320. The van der Waals surface area contributed by atoms with E-state index in [2.05, 4.69) is 40.0 Å². The fraction of sp³-hybridized carbons (Fsp3) is 0.519. The minimum absolute atomic E-state index is 0.0344. The first kappa shape index (κ1) is 35.3. The van der Waals surface area contributed by atoms with E-state index >= 15 is 0 Å². The number of benzene rings is 1. The molecule has 0 aliphatic heterocycles. The number of halogens is 3. The molecule has 0 radical (unpaired) electrons. The largest absolute Gasteiger partial charge is 0.471 e. The number of imidazole rings is 1. The number of carbonyl (C=O) groups excluding carboxylic acids is 4. The van der Waals surface area contributed by atoms with Crippen molar-refractivity contribution in [3.05, 3.63) is 30.2 Å². The summed E-state index contributed by atoms with van der Waals surface area (Å²) in [5, 5.41) is 6.29. The molecule has 0 bridgehead atoms. The predicted molar refractivity (Wildman–Crippen MR) is 155 cm³/mol. The summed E-state index contributed by atoms with van der Waals surface area (Å²) >= 11 is 0. The molecule has 0 spiro atoms. The molecular formula is C27H38F3N5O7Si. The molecule has 16 heteroatoms. The molecule has 12 nitrogen and oxygen atoms in total. The Labute approximate surface area is 248 Å². The minimum atomic E-state index is -5.18. The van der Waals surface area contributed by atoms with Crippen LogP contribution in [0.5, 0.6) is 0 Å². The van der Waals surface area contributed by atoms with Crippen LogP contribution < -0.4 is 16.0 Å². The molecule has 0 fully saturated rings. The Kier molecular flexibility index (Phi) is 11.9. The maximum atomic E-state index is 13.1. The number of nitrogens with zero attached hydrogens (tertiary/aromatic N) is 2.